The van der Waals surface area contributed by atoms with Crippen LogP contribution in [-0.4, -0.2) is 6.04 Å². The smallest absolute Gasteiger partial charge is 0.107 e. The Bertz CT molecular complexity index is 416. The van der Waals surface area contributed by atoms with E-state index in [1.807, 2.05) is 12.2 Å². The molecule has 0 bridgehead atoms. The van der Waals surface area contributed by atoms with Gasteiger partial charge in [-0.2, -0.15) is 4.91 Å². The molecule has 0 aliphatic heterocycles. The van der Waals surface area contributed by atoms with Crippen molar-refractivity contribution >= 4 is 0 Å². The number of hydrogen-bond acceptors (Lipinski definition) is 2. The van der Waals surface area contributed by atoms with Gasteiger partial charge >= 0.3 is 0 Å². The number of rotatable bonds is 10. The molecule has 0 spiro atoms. The molecule has 0 saturated heterocycles. The summed E-state index contributed by atoms with van der Waals surface area (Å²) in [6.45, 7) is 24.7. The van der Waals surface area contributed by atoms with Crippen molar-refractivity contribution in [2.45, 2.75) is 81.2 Å². The largest absolute Gasteiger partial charge is 0.150 e. The Kier molecular flexibility index (Phi) is 9.77. The van der Waals surface area contributed by atoms with Crippen LogP contribution in [0.4, 0.5) is 0 Å². The van der Waals surface area contributed by atoms with Crippen LogP contribution in [0.5, 0.6) is 0 Å². The van der Waals surface area contributed by atoms with Crippen LogP contribution < -0.4 is 0 Å². The molecular formula is C22H41NO. The van der Waals surface area contributed by atoms with Crippen LogP contribution in [0, 0.1) is 39.9 Å². The van der Waals surface area contributed by atoms with E-state index in [9.17, 15) is 4.91 Å². The van der Waals surface area contributed by atoms with Crippen LogP contribution in [0.2, 0.25) is 0 Å². The summed E-state index contributed by atoms with van der Waals surface area (Å²) in [5, 5.41) is 3.01. The van der Waals surface area contributed by atoms with Crippen LogP contribution >= 0.6 is 0 Å². The molecule has 2 heteroatoms. The van der Waals surface area contributed by atoms with E-state index in [1.54, 1.807) is 6.92 Å². The summed E-state index contributed by atoms with van der Waals surface area (Å²) in [5.41, 5.74) is 1.48. The SMILES string of the molecule is C=C(/C=C\C(C)N=O)C(C)C(C)C[C@H](C)C(CC(C)(C)C)C(C)C. The zero-order chi connectivity index (χ0) is 19.1. The molecule has 0 fully saturated rings. The van der Waals surface area contributed by atoms with Crippen molar-refractivity contribution in [3.8, 4) is 0 Å². The van der Waals surface area contributed by atoms with Gasteiger partial charge in [0.2, 0.25) is 0 Å². The van der Waals surface area contributed by atoms with E-state index in [4.69, 9.17) is 0 Å². The Balaban J connectivity index is 4.81. The molecule has 0 N–H and O–H groups in total. The van der Waals surface area contributed by atoms with E-state index in [0.717, 1.165) is 11.5 Å². The van der Waals surface area contributed by atoms with Gasteiger partial charge in [0.05, 0.1) is 0 Å². The molecule has 5 atom stereocenters. The molecule has 0 saturated carbocycles. The van der Waals surface area contributed by atoms with Gasteiger partial charge < -0.3 is 0 Å². The summed E-state index contributed by atoms with van der Waals surface area (Å²) < 4.78 is 0. The summed E-state index contributed by atoms with van der Waals surface area (Å²) >= 11 is 0. The van der Waals surface area contributed by atoms with Gasteiger partial charge in [-0.1, -0.05) is 84.9 Å². The maximum Gasteiger partial charge on any atom is 0.107 e. The van der Waals surface area contributed by atoms with Crippen molar-refractivity contribution in [1.82, 2.24) is 0 Å². The number of hydrogen-bond donors (Lipinski definition) is 0. The highest BCUT2D eigenvalue weighted by atomic mass is 16.3. The molecule has 0 heterocycles. The molecule has 0 aromatic heterocycles. The normalized spacial score (nSPS) is 19.1. The molecule has 0 amide bonds. The lowest BCUT2D eigenvalue weighted by atomic mass is 9.70. The van der Waals surface area contributed by atoms with E-state index >= 15 is 0 Å². The molecule has 0 radical (unpaired) electrons. The van der Waals surface area contributed by atoms with Crippen molar-refractivity contribution in [2.75, 3.05) is 0 Å². The summed E-state index contributed by atoms with van der Waals surface area (Å²) in [5.74, 6) is 3.17. The van der Waals surface area contributed by atoms with Crippen LogP contribution in [0.25, 0.3) is 0 Å². The van der Waals surface area contributed by atoms with Crippen molar-refractivity contribution < 1.29 is 0 Å². The molecule has 0 aliphatic rings. The van der Waals surface area contributed by atoms with Crippen molar-refractivity contribution in [2.24, 2.45) is 40.2 Å². The molecule has 24 heavy (non-hydrogen) atoms. The van der Waals surface area contributed by atoms with Crippen LogP contribution in [-0.2, 0) is 0 Å². The average Bonchev–Trinajstić information content (AvgIpc) is 2.47. The monoisotopic (exact) mass is 335 g/mol. The minimum absolute atomic E-state index is 0.278. The third-order valence-corrected chi connectivity index (χ3v) is 5.37. The lowest BCUT2D eigenvalue weighted by Crippen LogP contribution is -2.26. The van der Waals surface area contributed by atoms with E-state index in [0.29, 0.717) is 29.1 Å². The summed E-state index contributed by atoms with van der Waals surface area (Å²) in [6.07, 6.45) is 6.32. The second-order valence-electron chi connectivity index (χ2n) is 9.43. The van der Waals surface area contributed by atoms with E-state index in [1.165, 1.54) is 12.8 Å². The molecule has 0 aromatic rings. The van der Waals surface area contributed by atoms with Crippen molar-refractivity contribution in [1.29, 1.82) is 0 Å². The maximum absolute atomic E-state index is 10.5. The van der Waals surface area contributed by atoms with Crippen LogP contribution in [0.3, 0.4) is 0 Å². The number of nitrogens with zero attached hydrogens (tertiary/aromatic N) is 1. The number of allylic oxidation sites excluding steroid dienone is 2. The van der Waals surface area contributed by atoms with Crippen molar-refractivity contribution in [3.63, 3.8) is 0 Å². The third-order valence-electron chi connectivity index (χ3n) is 5.37. The summed E-state index contributed by atoms with van der Waals surface area (Å²) in [6, 6.07) is -0.278. The van der Waals surface area contributed by atoms with Crippen LogP contribution in [0.1, 0.15) is 75.2 Å². The first kappa shape index (κ1) is 23.1. The van der Waals surface area contributed by atoms with Gasteiger partial charge in [0.25, 0.3) is 0 Å². The van der Waals surface area contributed by atoms with Gasteiger partial charge in [0.15, 0.2) is 0 Å². The quantitative estimate of drug-likeness (QED) is 0.305. The molecule has 0 aliphatic carbocycles. The molecule has 140 valence electrons. The fourth-order valence-electron chi connectivity index (χ4n) is 3.58. The second kappa shape index (κ2) is 10.2. The average molecular weight is 336 g/mol. The Morgan fingerprint density at radius 1 is 1.04 bits per heavy atom. The molecule has 0 rings (SSSR count). The van der Waals surface area contributed by atoms with E-state index < -0.39 is 0 Å². The Morgan fingerprint density at radius 2 is 1.58 bits per heavy atom. The molecular weight excluding hydrogens is 294 g/mol. The fourth-order valence-corrected chi connectivity index (χ4v) is 3.58. The fraction of sp³-hybridized carbons (Fsp3) is 0.818. The summed E-state index contributed by atoms with van der Waals surface area (Å²) in [4.78, 5) is 10.5. The van der Waals surface area contributed by atoms with Gasteiger partial charge in [0.1, 0.15) is 6.04 Å². The Morgan fingerprint density at radius 3 is 2.00 bits per heavy atom. The zero-order valence-electron chi connectivity index (χ0n) is 17.6. The highest BCUT2D eigenvalue weighted by Crippen LogP contribution is 2.38. The van der Waals surface area contributed by atoms with E-state index in [-0.39, 0.29) is 6.04 Å². The predicted octanol–water partition coefficient (Wildman–Crippen LogP) is 7.26. The molecule has 2 nitrogen and oxygen atoms in total. The molecule has 0 aromatic carbocycles. The highest BCUT2D eigenvalue weighted by Gasteiger charge is 2.28. The van der Waals surface area contributed by atoms with Gasteiger partial charge in [-0.05, 0) is 54.8 Å². The third kappa shape index (κ3) is 8.80. The lowest BCUT2D eigenvalue weighted by molar-refractivity contribution is 0.155. The Hall–Kier alpha value is -0.920. The van der Waals surface area contributed by atoms with Gasteiger partial charge in [0, 0.05) is 0 Å². The van der Waals surface area contributed by atoms with Gasteiger partial charge in [-0.25, -0.2) is 0 Å². The van der Waals surface area contributed by atoms with E-state index in [2.05, 4.69) is 67.1 Å². The minimum atomic E-state index is -0.278. The predicted molar refractivity (Wildman–Crippen MR) is 108 cm³/mol. The maximum atomic E-state index is 10.5. The standard InChI is InChI=1S/C22H41NO/c1-15(2)21(14-22(8,9)10)18(5)13-17(4)20(7)16(3)11-12-19(6)23-24/h11-12,15,17-21H,3,13-14H2,1-2,4-10H3/b12-11-/t17?,18-,19?,20?,21?/m0/s1. The number of nitroso groups, excluding NO2 is 1. The lowest BCUT2D eigenvalue weighted by Gasteiger charge is -2.35. The van der Waals surface area contributed by atoms with Crippen molar-refractivity contribution in [3.05, 3.63) is 29.2 Å². The molecule has 4 unspecified atom stereocenters. The zero-order valence-corrected chi connectivity index (χ0v) is 17.6. The first-order valence-electron chi connectivity index (χ1n) is 9.58. The first-order valence-corrected chi connectivity index (χ1v) is 9.58. The first-order chi connectivity index (χ1) is 10.9. The van der Waals surface area contributed by atoms with Gasteiger partial charge in [-0.15, -0.1) is 0 Å². The van der Waals surface area contributed by atoms with Gasteiger partial charge in [-0.3, -0.25) is 0 Å². The Labute approximate surface area is 151 Å². The highest BCUT2D eigenvalue weighted by molar-refractivity contribution is 5.19. The minimum Gasteiger partial charge on any atom is -0.150 e. The van der Waals surface area contributed by atoms with Crippen LogP contribution in [0.15, 0.2) is 29.5 Å². The second-order valence-corrected chi connectivity index (χ2v) is 9.43. The topological polar surface area (TPSA) is 29.4 Å². The summed E-state index contributed by atoms with van der Waals surface area (Å²) in [7, 11) is 0.